The number of amides is 1. The summed E-state index contributed by atoms with van der Waals surface area (Å²) in [5.41, 5.74) is 0.684. The number of benzene rings is 1. The first-order valence-corrected chi connectivity index (χ1v) is 8.60. The lowest BCUT2D eigenvalue weighted by Gasteiger charge is -2.32. The highest BCUT2D eigenvalue weighted by Crippen LogP contribution is 2.31. The molecule has 25 heavy (non-hydrogen) atoms. The van der Waals surface area contributed by atoms with Crippen LogP contribution in [-0.4, -0.2) is 28.0 Å². The molecule has 1 heterocycles. The molecule has 0 spiro atoms. The number of aliphatic carboxylic acids is 1. The summed E-state index contributed by atoms with van der Waals surface area (Å²) in [6.07, 6.45) is 3.11. The minimum Gasteiger partial charge on any atom is -0.481 e. The topological polar surface area (TPSA) is 92.4 Å². The van der Waals surface area contributed by atoms with Crippen molar-refractivity contribution in [3.63, 3.8) is 0 Å². The highest BCUT2D eigenvalue weighted by Gasteiger charge is 2.35. The first-order chi connectivity index (χ1) is 11.9. The molecule has 2 N–H and O–H groups in total. The van der Waals surface area contributed by atoms with Crippen molar-refractivity contribution in [2.45, 2.75) is 31.7 Å². The van der Waals surface area contributed by atoms with Gasteiger partial charge in [-0.3, -0.25) is 9.59 Å². The minimum absolute atomic E-state index is 0.0541. The van der Waals surface area contributed by atoms with E-state index in [1.54, 1.807) is 24.4 Å². The molecule has 0 radical (unpaired) electrons. The predicted octanol–water partition coefficient (Wildman–Crippen LogP) is 3.56. The van der Waals surface area contributed by atoms with E-state index in [9.17, 15) is 9.59 Å². The summed E-state index contributed by atoms with van der Waals surface area (Å²) in [6, 6.07) is 5.02. The number of halogens is 2. The normalized spacial score (nSPS) is 19.3. The lowest BCUT2D eigenvalue weighted by Crippen LogP contribution is -2.46. The molecule has 1 fully saturated rings. The summed E-state index contributed by atoms with van der Waals surface area (Å²) in [6.45, 7) is 0. The first-order valence-electron chi connectivity index (χ1n) is 7.84. The van der Waals surface area contributed by atoms with E-state index in [-0.39, 0.29) is 24.3 Å². The molecule has 1 aromatic carbocycles. The van der Waals surface area contributed by atoms with Gasteiger partial charge in [0.2, 0.25) is 5.91 Å². The van der Waals surface area contributed by atoms with E-state index in [0.29, 0.717) is 46.5 Å². The van der Waals surface area contributed by atoms with Crippen LogP contribution in [0.15, 0.2) is 28.8 Å². The fourth-order valence-electron chi connectivity index (χ4n) is 2.70. The number of carboxylic acids is 1. The molecule has 0 aliphatic heterocycles. The van der Waals surface area contributed by atoms with Crippen molar-refractivity contribution in [2.24, 2.45) is 5.92 Å². The van der Waals surface area contributed by atoms with Gasteiger partial charge in [0.1, 0.15) is 0 Å². The zero-order chi connectivity index (χ0) is 18.0. The average molecular weight is 383 g/mol. The van der Waals surface area contributed by atoms with Crippen molar-refractivity contribution < 1.29 is 19.1 Å². The molecular formula is C17H16Cl2N2O4. The minimum atomic E-state index is -0.807. The Morgan fingerprint density at radius 2 is 2.08 bits per heavy atom. The average Bonchev–Trinajstić information content (AvgIpc) is 2.96. The number of nitrogens with one attached hydrogen (secondary N) is 1. The van der Waals surface area contributed by atoms with Gasteiger partial charge in [-0.05, 0) is 31.0 Å². The number of oxazole rings is 1. The van der Waals surface area contributed by atoms with Crippen LogP contribution < -0.4 is 5.32 Å². The van der Waals surface area contributed by atoms with Crippen molar-refractivity contribution in [2.75, 3.05) is 0 Å². The Labute approximate surface area is 154 Å². The van der Waals surface area contributed by atoms with Crippen molar-refractivity contribution in [1.29, 1.82) is 0 Å². The molecule has 0 bridgehead atoms. The quantitative estimate of drug-likeness (QED) is 0.796. The number of carbonyl (C=O) groups is 2. The van der Waals surface area contributed by atoms with Gasteiger partial charge in [0.15, 0.2) is 11.7 Å². The van der Waals surface area contributed by atoms with Crippen LogP contribution in [0.5, 0.6) is 0 Å². The number of hydrogen-bond acceptors (Lipinski definition) is 4. The third kappa shape index (κ3) is 4.32. The summed E-state index contributed by atoms with van der Waals surface area (Å²) >= 11 is 12.0. The molecule has 1 amide bonds. The van der Waals surface area contributed by atoms with Crippen LogP contribution in [0.3, 0.4) is 0 Å². The Balaban J connectivity index is 1.50. The molecule has 132 valence electrons. The second-order valence-corrected chi connectivity index (χ2v) is 6.86. The van der Waals surface area contributed by atoms with Crippen LogP contribution in [0.4, 0.5) is 0 Å². The zero-order valence-corrected chi connectivity index (χ0v) is 14.7. The van der Waals surface area contributed by atoms with Gasteiger partial charge in [-0.2, -0.15) is 0 Å². The van der Waals surface area contributed by atoms with Crippen LogP contribution in [0.1, 0.15) is 25.2 Å². The van der Waals surface area contributed by atoms with Gasteiger partial charge in [-0.15, -0.1) is 0 Å². The maximum absolute atomic E-state index is 11.9. The predicted molar refractivity (Wildman–Crippen MR) is 92.6 cm³/mol. The van der Waals surface area contributed by atoms with Crippen LogP contribution in [-0.2, 0) is 16.0 Å². The third-order valence-corrected chi connectivity index (χ3v) is 4.72. The molecule has 0 atom stereocenters. The SMILES string of the molecule is O=C(CCc1ncc(-c2ccc(Cl)cc2Cl)o1)NC1CC(C(=O)O)C1. The molecule has 1 aliphatic carbocycles. The lowest BCUT2D eigenvalue weighted by molar-refractivity contribution is -0.146. The second-order valence-electron chi connectivity index (χ2n) is 6.01. The number of aromatic nitrogens is 1. The van der Waals surface area contributed by atoms with Gasteiger partial charge in [0, 0.05) is 29.5 Å². The summed E-state index contributed by atoms with van der Waals surface area (Å²) in [7, 11) is 0. The third-order valence-electron chi connectivity index (χ3n) is 4.17. The van der Waals surface area contributed by atoms with Crippen molar-refractivity contribution in [3.05, 3.63) is 40.3 Å². The van der Waals surface area contributed by atoms with Crippen LogP contribution >= 0.6 is 23.2 Å². The maximum Gasteiger partial charge on any atom is 0.306 e. The standard InChI is InChI=1S/C17H16Cl2N2O4/c18-10-1-2-12(13(19)7-10)14-8-20-16(25-14)4-3-15(22)21-11-5-9(6-11)17(23)24/h1-2,7-9,11H,3-6H2,(H,21,22)(H,23,24). The molecular weight excluding hydrogens is 367 g/mol. The molecule has 6 nitrogen and oxygen atoms in total. The maximum atomic E-state index is 11.9. The highest BCUT2D eigenvalue weighted by molar-refractivity contribution is 6.36. The van der Waals surface area contributed by atoms with Gasteiger partial charge in [-0.1, -0.05) is 23.2 Å². The van der Waals surface area contributed by atoms with Crippen molar-refractivity contribution >= 4 is 35.1 Å². The molecule has 0 unspecified atom stereocenters. The largest absolute Gasteiger partial charge is 0.481 e. The highest BCUT2D eigenvalue weighted by atomic mass is 35.5. The Hall–Kier alpha value is -2.05. The molecule has 2 aromatic rings. The monoisotopic (exact) mass is 382 g/mol. The molecule has 1 aliphatic rings. The van der Waals surface area contributed by atoms with E-state index in [1.807, 2.05) is 0 Å². The number of rotatable bonds is 6. The van der Waals surface area contributed by atoms with Crippen LogP contribution in [0.2, 0.25) is 10.0 Å². The van der Waals surface area contributed by atoms with Gasteiger partial charge < -0.3 is 14.8 Å². The van der Waals surface area contributed by atoms with Crippen LogP contribution in [0.25, 0.3) is 11.3 Å². The summed E-state index contributed by atoms with van der Waals surface area (Å²) in [5.74, 6) is -0.339. The van der Waals surface area contributed by atoms with Crippen LogP contribution in [0, 0.1) is 5.92 Å². The summed E-state index contributed by atoms with van der Waals surface area (Å²) < 4.78 is 5.64. The first kappa shape index (κ1) is 17.8. The van der Waals surface area contributed by atoms with Crippen molar-refractivity contribution in [3.8, 4) is 11.3 Å². The van der Waals surface area contributed by atoms with E-state index in [4.69, 9.17) is 32.7 Å². The van der Waals surface area contributed by atoms with Gasteiger partial charge in [0.25, 0.3) is 0 Å². The summed E-state index contributed by atoms with van der Waals surface area (Å²) in [4.78, 5) is 26.8. The van der Waals surface area contributed by atoms with Gasteiger partial charge in [0.05, 0.1) is 17.1 Å². The fourth-order valence-corrected chi connectivity index (χ4v) is 3.20. The van der Waals surface area contributed by atoms with Gasteiger partial charge in [-0.25, -0.2) is 4.98 Å². The number of hydrogen-bond donors (Lipinski definition) is 2. The van der Waals surface area contributed by atoms with E-state index in [2.05, 4.69) is 10.3 Å². The Kier molecular flexibility index (Phi) is 5.30. The number of nitrogens with zero attached hydrogens (tertiary/aromatic N) is 1. The fraction of sp³-hybridized carbons (Fsp3) is 0.353. The summed E-state index contributed by atoms with van der Waals surface area (Å²) in [5, 5.41) is 12.6. The Morgan fingerprint density at radius 1 is 1.32 bits per heavy atom. The van der Waals surface area contributed by atoms with E-state index in [1.165, 1.54) is 0 Å². The molecule has 0 saturated heterocycles. The zero-order valence-electron chi connectivity index (χ0n) is 13.2. The second kappa shape index (κ2) is 7.45. The number of carbonyl (C=O) groups excluding carboxylic acids is 1. The Bertz CT molecular complexity index is 800. The van der Waals surface area contributed by atoms with E-state index >= 15 is 0 Å². The van der Waals surface area contributed by atoms with E-state index < -0.39 is 5.97 Å². The molecule has 3 rings (SSSR count). The number of aryl methyl sites for hydroxylation is 1. The smallest absolute Gasteiger partial charge is 0.306 e. The van der Waals surface area contributed by atoms with Crippen molar-refractivity contribution in [1.82, 2.24) is 10.3 Å². The molecule has 1 aromatic heterocycles. The van der Waals surface area contributed by atoms with E-state index in [0.717, 1.165) is 0 Å². The Morgan fingerprint density at radius 3 is 2.76 bits per heavy atom. The van der Waals surface area contributed by atoms with Gasteiger partial charge >= 0.3 is 5.97 Å². The number of carboxylic acid groups (broad SMARTS) is 1. The lowest BCUT2D eigenvalue weighted by atomic mass is 9.80. The molecule has 1 saturated carbocycles. The molecule has 8 heteroatoms.